The zero-order valence-electron chi connectivity index (χ0n) is 12.2. The maximum atomic E-state index is 13.3. The Bertz CT molecular complexity index is 785. The van der Waals surface area contributed by atoms with E-state index >= 15 is 0 Å². The van der Waals surface area contributed by atoms with E-state index in [2.05, 4.69) is 15.5 Å². The van der Waals surface area contributed by atoms with Crippen LogP contribution >= 0.6 is 11.3 Å². The molecule has 1 aliphatic carbocycles. The number of benzene rings is 1. The fourth-order valence-electron chi connectivity index (χ4n) is 2.45. The normalized spacial score (nSPS) is 20.0. The number of hydrogen-bond acceptors (Lipinski definition) is 5. The summed E-state index contributed by atoms with van der Waals surface area (Å²) >= 11 is 1.42. The monoisotopic (exact) mass is 331 g/mol. The highest BCUT2D eigenvalue weighted by Gasteiger charge is 2.30. The Morgan fingerprint density at radius 1 is 1.39 bits per heavy atom. The minimum absolute atomic E-state index is 0.281. The number of hydrogen-bond donors (Lipinski definition) is 1. The van der Waals surface area contributed by atoms with E-state index in [1.54, 1.807) is 12.1 Å². The Kier molecular flexibility index (Phi) is 3.57. The maximum absolute atomic E-state index is 13.3. The van der Waals surface area contributed by atoms with Gasteiger partial charge in [-0.3, -0.25) is 10.1 Å². The lowest BCUT2D eigenvalue weighted by Gasteiger charge is -2.07. The van der Waals surface area contributed by atoms with Crippen LogP contribution in [0.2, 0.25) is 0 Å². The van der Waals surface area contributed by atoms with Crippen LogP contribution in [0, 0.1) is 5.82 Å². The molecule has 118 valence electrons. The average Bonchev–Trinajstić information content (AvgIpc) is 3.09. The summed E-state index contributed by atoms with van der Waals surface area (Å²) < 4.78 is 13.3. The van der Waals surface area contributed by atoms with Gasteiger partial charge in [0.05, 0.1) is 11.4 Å². The third-order valence-corrected chi connectivity index (χ3v) is 4.64. The van der Waals surface area contributed by atoms with Gasteiger partial charge in [-0.05, 0) is 25.0 Å². The second-order valence-electron chi connectivity index (χ2n) is 5.69. The molecule has 7 heteroatoms. The average molecular weight is 331 g/mol. The first-order chi connectivity index (χ1) is 11.2. The van der Waals surface area contributed by atoms with E-state index < -0.39 is 6.10 Å². The fourth-order valence-corrected chi connectivity index (χ4v) is 3.25. The molecule has 1 amide bonds. The molecule has 1 aromatic heterocycles. The van der Waals surface area contributed by atoms with Gasteiger partial charge < -0.3 is 4.84 Å². The summed E-state index contributed by atoms with van der Waals surface area (Å²) in [6.07, 6.45) is 1.96. The lowest BCUT2D eigenvalue weighted by molar-refractivity contribution is -0.125. The number of carbonyl (C=O) groups excluding carboxylic acids is 1. The molecule has 2 heterocycles. The first kappa shape index (κ1) is 14.3. The summed E-state index contributed by atoms with van der Waals surface area (Å²) in [4.78, 5) is 21.8. The zero-order valence-corrected chi connectivity index (χ0v) is 13.0. The quantitative estimate of drug-likeness (QED) is 0.935. The molecule has 1 atom stereocenters. The predicted octanol–water partition coefficient (Wildman–Crippen LogP) is 3.29. The van der Waals surface area contributed by atoms with Crippen molar-refractivity contribution < 1.29 is 14.0 Å². The van der Waals surface area contributed by atoms with Gasteiger partial charge in [-0.1, -0.05) is 17.3 Å². The van der Waals surface area contributed by atoms with Crippen LogP contribution in [0.5, 0.6) is 0 Å². The first-order valence-corrected chi connectivity index (χ1v) is 8.32. The van der Waals surface area contributed by atoms with Gasteiger partial charge in [-0.25, -0.2) is 9.37 Å². The highest BCUT2D eigenvalue weighted by molar-refractivity contribution is 7.13. The highest BCUT2D eigenvalue weighted by Crippen LogP contribution is 2.40. The van der Waals surface area contributed by atoms with Crippen molar-refractivity contribution in [3.63, 3.8) is 0 Å². The van der Waals surface area contributed by atoms with Gasteiger partial charge in [-0.2, -0.15) is 0 Å². The summed E-state index contributed by atoms with van der Waals surface area (Å²) in [7, 11) is 0. The van der Waals surface area contributed by atoms with Crippen molar-refractivity contribution >= 4 is 28.1 Å². The summed E-state index contributed by atoms with van der Waals surface area (Å²) in [5.74, 6) is -0.0621. The molecule has 0 saturated heterocycles. The predicted molar refractivity (Wildman–Crippen MR) is 85.1 cm³/mol. The third kappa shape index (κ3) is 3.10. The molecule has 4 rings (SSSR count). The molecule has 0 unspecified atom stereocenters. The number of rotatable bonds is 4. The zero-order chi connectivity index (χ0) is 15.8. The van der Waals surface area contributed by atoms with E-state index in [9.17, 15) is 9.18 Å². The highest BCUT2D eigenvalue weighted by atomic mass is 32.1. The number of thiazole rings is 1. The van der Waals surface area contributed by atoms with Crippen LogP contribution in [0.25, 0.3) is 0 Å². The molecule has 0 bridgehead atoms. The Morgan fingerprint density at radius 3 is 3.04 bits per heavy atom. The van der Waals surface area contributed by atoms with Crippen molar-refractivity contribution in [3.8, 4) is 0 Å². The van der Waals surface area contributed by atoms with E-state index in [0.29, 0.717) is 28.7 Å². The molecule has 2 aliphatic rings. The lowest BCUT2D eigenvalue weighted by atomic mass is 10.0. The van der Waals surface area contributed by atoms with Crippen LogP contribution in [-0.2, 0) is 9.63 Å². The van der Waals surface area contributed by atoms with Crippen LogP contribution in [0.15, 0.2) is 34.8 Å². The van der Waals surface area contributed by atoms with Crippen LogP contribution in [0.3, 0.4) is 0 Å². The molecular weight excluding hydrogens is 317 g/mol. The lowest BCUT2D eigenvalue weighted by Crippen LogP contribution is -2.28. The number of halogens is 1. The van der Waals surface area contributed by atoms with Crippen molar-refractivity contribution in [1.29, 1.82) is 0 Å². The van der Waals surface area contributed by atoms with Gasteiger partial charge in [0.2, 0.25) is 6.10 Å². The van der Waals surface area contributed by atoms with E-state index in [1.807, 2.05) is 5.38 Å². The van der Waals surface area contributed by atoms with Gasteiger partial charge in [-0.15, -0.1) is 11.3 Å². The number of nitrogens with zero attached hydrogens (tertiary/aromatic N) is 2. The van der Waals surface area contributed by atoms with Crippen molar-refractivity contribution in [3.05, 3.63) is 46.7 Å². The van der Waals surface area contributed by atoms with Crippen LogP contribution < -0.4 is 5.32 Å². The molecule has 1 saturated carbocycles. The largest absolute Gasteiger partial charge is 0.382 e. The smallest absolute Gasteiger partial charge is 0.270 e. The summed E-state index contributed by atoms with van der Waals surface area (Å²) in [5, 5.41) is 9.24. The van der Waals surface area contributed by atoms with E-state index in [0.717, 1.165) is 5.69 Å². The molecule has 0 radical (unpaired) electrons. The number of amides is 1. The number of anilines is 1. The molecule has 1 N–H and O–H groups in total. The van der Waals surface area contributed by atoms with Crippen molar-refractivity contribution in [2.45, 2.75) is 31.3 Å². The van der Waals surface area contributed by atoms with Crippen molar-refractivity contribution in [1.82, 2.24) is 4.98 Å². The second kappa shape index (κ2) is 5.73. The second-order valence-corrected chi connectivity index (χ2v) is 6.55. The Balaban J connectivity index is 1.38. The van der Waals surface area contributed by atoms with E-state index in [4.69, 9.17) is 4.84 Å². The molecule has 1 fully saturated rings. The molecule has 5 nitrogen and oxygen atoms in total. The minimum Gasteiger partial charge on any atom is -0.382 e. The number of carbonyl (C=O) groups is 1. The Labute approximate surface area is 136 Å². The Morgan fingerprint density at radius 2 is 2.26 bits per heavy atom. The van der Waals surface area contributed by atoms with Gasteiger partial charge in [0.15, 0.2) is 5.13 Å². The topological polar surface area (TPSA) is 63.6 Å². The molecule has 1 aromatic carbocycles. The number of aromatic nitrogens is 1. The van der Waals surface area contributed by atoms with Crippen LogP contribution in [0.4, 0.5) is 9.52 Å². The fraction of sp³-hybridized carbons (Fsp3) is 0.312. The van der Waals surface area contributed by atoms with E-state index in [1.165, 1.54) is 36.3 Å². The van der Waals surface area contributed by atoms with Gasteiger partial charge >= 0.3 is 0 Å². The summed E-state index contributed by atoms with van der Waals surface area (Å²) in [6.45, 7) is 0. The number of nitrogens with one attached hydrogen (secondary N) is 1. The van der Waals surface area contributed by atoms with Crippen molar-refractivity contribution in [2.75, 3.05) is 5.32 Å². The van der Waals surface area contributed by atoms with Crippen LogP contribution in [-0.4, -0.2) is 22.7 Å². The van der Waals surface area contributed by atoms with Crippen molar-refractivity contribution in [2.24, 2.45) is 5.16 Å². The minimum atomic E-state index is -0.707. The summed E-state index contributed by atoms with van der Waals surface area (Å²) in [6, 6.07) is 6.10. The SMILES string of the molecule is O=C(Nc1nc(C2CC2)cs1)[C@@H]1CC(c2cccc(F)c2)=NO1. The van der Waals surface area contributed by atoms with Gasteiger partial charge in [0, 0.05) is 23.3 Å². The summed E-state index contributed by atoms with van der Waals surface area (Å²) in [5.41, 5.74) is 2.25. The van der Waals surface area contributed by atoms with Gasteiger partial charge in [0.25, 0.3) is 5.91 Å². The molecule has 2 aromatic rings. The molecule has 23 heavy (non-hydrogen) atoms. The van der Waals surface area contributed by atoms with E-state index in [-0.39, 0.29) is 11.7 Å². The third-order valence-electron chi connectivity index (χ3n) is 3.87. The standard InChI is InChI=1S/C16H14FN3O2S/c17-11-3-1-2-10(6-11)12-7-14(22-20-12)15(21)19-16-18-13(8-23-16)9-4-5-9/h1-3,6,8-9,14H,4-5,7H2,(H,18,19,21)/t14-/m0/s1. The number of oxime groups is 1. The maximum Gasteiger partial charge on any atom is 0.270 e. The Hall–Kier alpha value is -2.28. The molecule has 0 spiro atoms. The molecular formula is C16H14FN3O2S. The molecule has 1 aliphatic heterocycles. The first-order valence-electron chi connectivity index (χ1n) is 7.44. The van der Waals surface area contributed by atoms with Crippen LogP contribution in [0.1, 0.15) is 36.4 Å². The van der Waals surface area contributed by atoms with Gasteiger partial charge in [0.1, 0.15) is 5.82 Å².